The summed E-state index contributed by atoms with van der Waals surface area (Å²) >= 11 is 0. The molecule has 0 saturated heterocycles. The summed E-state index contributed by atoms with van der Waals surface area (Å²) in [5, 5.41) is 8.71. The second-order valence-corrected chi connectivity index (χ2v) is 4.23. The summed E-state index contributed by atoms with van der Waals surface area (Å²) in [5.41, 5.74) is 2.49. The molecule has 1 aliphatic heterocycles. The largest absolute Gasteiger partial charge is 0.396 e. The highest BCUT2D eigenvalue weighted by Gasteiger charge is 2.29. The number of nitrogens with zero attached hydrogens (tertiary/aromatic N) is 1. The third kappa shape index (κ3) is 2.24. The number of fused-ring (bicyclic) bond motifs is 1. The van der Waals surface area contributed by atoms with Gasteiger partial charge < -0.3 is 10.0 Å². The number of benzene rings is 1. The molecule has 2 rings (SSSR count). The van der Waals surface area contributed by atoms with Gasteiger partial charge in [0.2, 0.25) is 0 Å². The third-order valence-electron chi connectivity index (χ3n) is 3.08. The van der Waals surface area contributed by atoms with Crippen LogP contribution in [0, 0.1) is 0 Å². The van der Waals surface area contributed by atoms with Crippen molar-refractivity contribution in [3.05, 3.63) is 42.0 Å². The van der Waals surface area contributed by atoms with Crippen molar-refractivity contribution in [1.82, 2.24) is 4.90 Å². The van der Waals surface area contributed by atoms with Crippen LogP contribution in [0.3, 0.4) is 0 Å². The first kappa shape index (κ1) is 11.9. The van der Waals surface area contributed by atoms with Gasteiger partial charge in [0.15, 0.2) is 0 Å². The summed E-state index contributed by atoms with van der Waals surface area (Å²) in [6.07, 6.45) is 2.63. The predicted molar refractivity (Wildman–Crippen MR) is 67.4 cm³/mol. The fourth-order valence-corrected chi connectivity index (χ4v) is 2.13. The summed E-state index contributed by atoms with van der Waals surface area (Å²) in [5.74, 6) is 0.0506. The lowest BCUT2D eigenvalue weighted by atomic mass is 10.1. The van der Waals surface area contributed by atoms with E-state index in [4.69, 9.17) is 5.11 Å². The van der Waals surface area contributed by atoms with Gasteiger partial charge in [0.25, 0.3) is 5.91 Å². The van der Waals surface area contributed by atoms with Crippen LogP contribution in [0.2, 0.25) is 0 Å². The third-order valence-corrected chi connectivity index (χ3v) is 3.08. The van der Waals surface area contributed by atoms with E-state index in [9.17, 15) is 4.79 Å². The molecule has 1 N–H and O–H groups in total. The minimum Gasteiger partial charge on any atom is -0.396 e. The Morgan fingerprint density at radius 2 is 1.82 bits per heavy atom. The highest BCUT2D eigenvalue weighted by molar-refractivity contribution is 6.08. The van der Waals surface area contributed by atoms with Gasteiger partial charge in [0.05, 0.1) is 0 Å². The van der Waals surface area contributed by atoms with Crippen LogP contribution in [-0.2, 0) is 0 Å². The Morgan fingerprint density at radius 1 is 1.12 bits per heavy atom. The molecule has 1 aliphatic rings. The van der Waals surface area contributed by atoms with Gasteiger partial charge in [-0.15, -0.1) is 0 Å². The van der Waals surface area contributed by atoms with Gasteiger partial charge in [-0.1, -0.05) is 24.8 Å². The topological polar surface area (TPSA) is 40.5 Å². The monoisotopic (exact) mass is 231 g/mol. The molecule has 1 amide bonds. The smallest absolute Gasteiger partial charge is 0.258 e. The average Bonchev–Trinajstić information content (AvgIpc) is 2.60. The maximum atomic E-state index is 12.1. The molecule has 0 unspecified atom stereocenters. The highest BCUT2D eigenvalue weighted by atomic mass is 16.2. The molecule has 0 saturated carbocycles. The number of hydrogen-bond donors (Lipinski definition) is 1. The van der Waals surface area contributed by atoms with E-state index in [2.05, 4.69) is 6.58 Å². The first-order chi connectivity index (χ1) is 8.25. The molecule has 0 atom stereocenters. The molecular formula is C14H17NO2. The van der Waals surface area contributed by atoms with E-state index in [0.29, 0.717) is 6.54 Å². The SMILES string of the molecule is C=C1c2ccccc2C(=O)N1CCCCCO. The number of unbranched alkanes of at least 4 members (excludes halogenated alkanes) is 2. The first-order valence-corrected chi connectivity index (χ1v) is 5.96. The van der Waals surface area contributed by atoms with Crippen LogP contribution in [0.4, 0.5) is 0 Å². The summed E-state index contributed by atoms with van der Waals surface area (Å²) < 4.78 is 0. The molecule has 1 aromatic rings. The number of carbonyl (C=O) groups excluding carboxylic acids is 1. The molecular weight excluding hydrogens is 214 g/mol. The Kier molecular flexibility index (Phi) is 3.59. The quantitative estimate of drug-likeness (QED) is 0.790. The van der Waals surface area contributed by atoms with Gasteiger partial charge in [-0.2, -0.15) is 0 Å². The van der Waals surface area contributed by atoms with E-state index in [0.717, 1.165) is 36.1 Å². The van der Waals surface area contributed by atoms with E-state index in [-0.39, 0.29) is 12.5 Å². The molecule has 17 heavy (non-hydrogen) atoms. The molecule has 3 heteroatoms. The molecule has 1 aromatic carbocycles. The zero-order valence-corrected chi connectivity index (χ0v) is 9.85. The Labute approximate surface area is 101 Å². The number of aliphatic hydroxyl groups is 1. The number of carbonyl (C=O) groups is 1. The van der Waals surface area contributed by atoms with Gasteiger partial charge in [-0.3, -0.25) is 4.79 Å². The number of amides is 1. The van der Waals surface area contributed by atoms with Crippen LogP contribution in [0.5, 0.6) is 0 Å². The maximum Gasteiger partial charge on any atom is 0.258 e. The second kappa shape index (κ2) is 5.15. The lowest BCUT2D eigenvalue weighted by Crippen LogP contribution is -2.23. The summed E-state index contributed by atoms with van der Waals surface area (Å²) in [6, 6.07) is 7.58. The zero-order valence-electron chi connectivity index (χ0n) is 9.85. The second-order valence-electron chi connectivity index (χ2n) is 4.23. The molecule has 0 bridgehead atoms. The van der Waals surface area contributed by atoms with Crippen molar-refractivity contribution < 1.29 is 9.90 Å². The standard InChI is InChI=1S/C14H17NO2/c1-11-12-7-3-4-8-13(12)14(17)15(11)9-5-2-6-10-16/h3-4,7-8,16H,1-2,5-6,9-10H2. The fraction of sp³-hybridized carbons (Fsp3) is 0.357. The van der Waals surface area contributed by atoms with Crippen LogP contribution in [0.25, 0.3) is 5.70 Å². The van der Waals surface area contributed by atoms with E-state index in [1.165, 1.54) is 0 Å². The fourth-order valence-electron chi connectivity index (χ4n) is 2.13. The van der Waals surface area contributed by atoms with Crippen molar-refractivity contribution in [2.45, 2.75) is 19.3 Å². The van der Waals surface area contributed by atoms with Crippen molar-refractivity contribution in [2.24, 2.45) is 0 Å². The lowest BCUT2D eigenvalue weighted by Gasteiger charge is -2.16. The van der Waals surface area contributed by atoms with Gasteiger partial charge in [-0.25, -0.2) is 0 Å². The molecule has 90 valence electrons. The van der Waals surface area contributed by atoms with Crippen LogP contribution < -0.4 is 0 Å². The molecule has 1 heterocycles. The van der Waals surface area contributed by atoms with Crippen LogP contribution in [0.1, 0.15) is 35.2 Å². The van der Waals surface area contributed by atoms with Gasteiger partial charge in [0, 0.05) is 30.0 Å². The average molecular weight is 231 g/mol. The van der Waals surface area contributed by atoms with Crippen molar-refractivity contribution in [2.75, 3.05) is 13.2 Å². The van der Waals surface area contributed by atoms with Crippen LogP contribution >= 0.6 is 0 Å². The van der Waals surface area contributed by atoms with Crippen LogP contribution in [0.15, 0.2) is 30.8 Å². The van der Waals surface area contributed by atoms with E-state index >= 15 is 0 Å². The van der Waals surface area contributed by atoms with Crippen molar-refractivity contribution in [1.29, 1.82) is 0 Å². The van der Waals surface area contributed by atoms with E-state index < -0.39 is 0 Å². The normalized spacial score (nSPS) is 14.3. The van der Waals surface area contributed by atoms with Crippen molar-refractivity contribution in [3.63, 3.8) is 0 Å². The van der Waals surface area contributed by atoms with E-state index in [1.807, 2.05) is 24.3 Å². The summed E-state index contributed by atoms with van der Waals surface area (Å²) in [6.45, 7) is 4.89. The number of rotatable bonds is 5. The first-order valence-electron chi connectivity index (χ1n) is 5.96. The molecule has 0 radical (unpaired) electrons. The Morgan fingerprint density at radius 3 is 2.47 bits per heavy atom. The lowest BCUT2D eigenvalue weighted by molar-refractivity contribution is 0.0848. The van der Waals surface area contributed by atoms with Gasteiger partial charge in [-0.05, 0) is 25.3 Å². The Hall–Kier alpha value is -1.61. The van der Waals surface area contributed by atoms with E-state index in [1.54, 1.807) is 4.90 Å². The Bertz CT molecular complexity index is 405. The molecule has 0 spiro atoms. The number of hydrogen-bond acceptors (Lipinski definition) is 2. The minimum atomic E-state index is 0.0506. The maximum absolute atomic E-state index is 12.1. The highest BCUT2D eigenvalue weighted by Crippen LogP contribution is 2.31. The van der Waals surface area contributed by atoms with Crippen molar-refractivity contribution in [3.8, 4) is 0 Å². The van der Waals surface area contributed by atoms with Gasteiger partial charge in [0.1, 0.15) is 0 Å². The summed E-state index contributed by atoms with van der Waals surface area (Å²) in [7, 11) is 0. The Balaban J connectivity index is 2.03. The van der Waals surface area contributed by atoms with Crippen molar-refractivity contribution >= 4 is 11.6 Å². The van der Waals surface area contributed by atoms with Crippen LogP contribution in [-0.4, -0.2) is 29.1 Å². The molecule has 0 aromatic heterocycles. The minimum absolute atomic E-state index is 0.0506. The number of aliphatic hydroxyl groups excluding tert-OH is 1. The summed E-state index contributed by atoms with van der Waals surface area (Å²) in [4.78, 5) is 13.8. The zero-order chi connectivity index (χ0) is 12.3. The van der Waals surface area contributed by atoms with Gasteiger partial charge >= 0.3 is 0 Å². The predicted octanol–water partition coefficient (Wildman–Crippen LogP) is 2.28. The molecule has 3 nitrogen and oxygen atoms in total. The molecule has 0 aliphatic carbocycles. The molecule has 0 fully saturated rings.